The van der Waals surface area contributed by atoms with Crippen LogP contribution in [0.5, 0.6) is 5.75 Å². The van der Waals surface area contributed by atoms with Crippen molar-refractivity contribution in [3.63, 3.8) is 0 Å². The van der Waals surface area contributed by atoms with Crippen molar-refractivity contribution in [3.05, 3.63) is 82.4 Å². The molecule has 8 heteroatoms. The van der Waals surface area contributed by atoms with E-state index in [1.807, 2.05) is 32.0 Å². The van der Waals surface area contributed by atoms with Crippen molar-refractivity contribution in [1.82, 2.24) is 0 Å². The van der Waals surface area contributed by atoms with Gasteiger partial charge in [0.1, 0.15) is 5.75 Å². The van der Waals surface area contributed by atoms with Crippen LogP contribution in [0.15, 0.2) is 65.6 Å². The van der Waals surface area contributed by atoms with E-state index in [0.717, 1.165) is 11.1 Å². The molecule has 0 fully saturated rings. The number of nitrogens with one attached hydrogen (secondary N) is 2. The Hall–Kier alpha value is -3.03. The second-order valence-corrected chi connectivity index (χ2v) is 8.84. The Morgan fingerprint density at radius 3 is 2.33 bits per heavy atom. The Kier molecular flexibility index (Phi) is 6.34. The third-order valence-electron chi connectivity index (χ3n) is 4.47. The third kappa shape index (κ3) is 4.93. The predicted molar refractivity (Wildman–Crippen MR) is 119 cm³/mol. The van der Waals surface area contributed by atoms with E-state index in [1.54, 1.807) is 12.1 Å². The molecule has 0 saturated carbocycles. The number of ether oxygens (including phenoxy) is 1. The van der Waals surface area contributed by atoms with E-state index in [4.69, 9.17) is 16.3 Å². The van der Waals surface area contributed by atoms with Crippen molar-refractivity contribution in [1.29, 1.82) is 0 Å². The molecule has 3 rings (SSSR count). The molecule has 0 radical (unpaired) electrons. The number of hydrogen-bond donors (Lipinski definition) is 2. The predicted octanol–water partition coefficient (Wildman–Crippen LogP) is 5.02. The molecular weight excluding hydrogens is 424 g/mol. The first-order chi connectivity index (χ1) is 14.2. The van der Waals surface area contributed by atoms with E-state index in [0.29, 0.717) is 11.4 Å². The first-order valence-corrected chi connectivity index (χ1v) is 10.9. The van der Waals surface area contributed by atoms with E-state index < -0.39 is 15.9 Å². The third-order valence-corrected chi connectivity index (χ3v) is 6.20. The topological polar surface area (TPSA) is 84.5 Å². The summed E-state index contributed by atoms with van der Waals surface area (Å²) in [5.74, 6) is 0.116. The average molecular weight is 445 g/mol. The van der Waals surface area contributed by atoms with Crippen LogP contribution in [0.4, 0.5) is 11.4 Å². The van der Waals surface area contributed by atoms with Gasteiger partial charge in [0, 0.05) is 11.4 Å². The Bertz CT molecular complexity index is 1190. The lowest BCUT2D eigenvalue weighted by molar-refractivity contribution is 0.102. The lowest BCUT2D eigenvalue weighted by atomic mass is 10.1. The van der Waals surface area contributed by atoms with E-state index in [2.05, 4.69) is 10.0 Å². The average Bonchev–Trinajstić information content (AvgIpc) is 2.72. The Morgan fingerprint density at radius 2 is 1.67 bits per heavy atom. The molecule has 0 atom stereocenters. The van der Waals surface area contributed by atoms with E-state index in [9.17, 15) is 13.2 Å². The summed E-state index contributed by atoms with van der Waals surface area (Å²) in [5, 5.41) is 3.04. The number of carbonyl (C=O) groups excluding carboxylic acids is 1. The van der Waals surface area contributed by atoms with Gasteiger partial charge in [-0.15, -0.1) is 0 Å². The van der Waals surface area contributed by atoms with Gasteiger partial charge in [0.05, 0.1) is 22.6 Å². The fraction of sp³-hybridized carbons (Fsp3) is 0.136. The van der Waals surface area contributed by atoms with Crippen molar-refractivity contribution >= 4 is 38.9 Å². The van der Waals surface area contributed by atoms with Crippen molar-refractivity contribution < 1.29 is 17.9 Å². The minimum atomic E-state index is -3.85. The number of halogens is 1. The summed E-state index contributed by atoms with van der Waals surface area (Å²) in [6.45, 7) is 3.81. The molecular formula is C22H21ClN2O4S. The summed E-state index contributed by atoms with van der Waals surface area (Å²) >= 11 is 6.20. The van der Waals surface area contributed by atoms with Gasteiger partial charge in [-0.3, -0.25) is 9.52 Å². The zero-order chi connectivity index (χ0) is 21.9. The van der Waals surface area contributed by atoms with Gasteiger partial charge in [0.25, 0.3) is 15.9 Å². The van der Waals surface area contributed by atoms with E-state index >= 15 is 0 Å². The maximum atomic E-state index is 12.8. The molecule has 0 aliphatic heterocycles. The van der Waals surface area contributed by atoms with Crippen molar-refractivity contribution in [2.75, 3.05) is 17.1 Å². The van der Waals surface area contributed by atoms with Crippen LogP contribution in [-0.2, 0) is 10.0 Å². The maximum absolute atomic E-state index is 12.8. The second-order valence-electron chi connectivity index (χ2n) is 6.75. The van der Waals surface area contributed by atoms with Crippen LogP contribution in [0.2, 0.25) is 5.02 Å². The van der Waals surface area contributed by atoms with Crippen molar-refractivity contribution in [2.45, 2.75) is 18.7 Å². The smallest absolute Gasteiger partial charge is 0.261 e. The van der Waals surface area contributed by atoms with E-state index in [-0.39, 0.29) is 21.2 Å². The number of hydrogen-bond acceptors (Lipinski definition) is 4. The summed E-state index contributed by atoms with van der Waals surface area (Å²) in [5.41, 5.74) is 2.96. The molecule has 6 nitrogen and oxygen atoms in total. The summed E-state index contributed by atoms with van der Waals surface area (Å²) < 4.78 is 32.8. The highest BCUT2D eigenvalue weighted by Gasteiger charge is 2.17. The summed E-state index contributed by atoms with van der Waals surface area (Å²) in [6, 6.07) is 16.1. The number of sulfonamides is 1. The van der Waals surface area contributed by atoms with Gasteiger partial charge in [-0.25, -0.2) is 8.42 Å². The molecule has 156 valence electrons. The monoisotopic (exact) mass is 444 g/mol. The summed E-state index contributed by atoms with van der Waals surface area (Å²) in [7, 11) is -2.34. The normalized spacial score (nSPS) is 11.1. The number of benzene rings is 3. The van der Waals surface area contributed by atoms with Gasteiger partial charge in [-0.2, -0.15) is 0 Å². The first-order valence-electron chi connectivity index (χ1n) is 9.04. The van der Waals surface area contributed by atoms with Crippen LogP contribution in [0.25, 0.3) is 0 Å². The number of rotatable bonds is 6. The minimum absolute atomic E-state index is 0.0691. The number of methoxy groups -OCH3 is 1. The SMILES string of the molecule is COc1ccc(S(=O)(=O)Nc2ccc(Cl)c(C(=O)Nc3cc(C)ccc3C)c2)cc1. The van der Waals surface area contributed by atoms with Gasteiger partial charge >= 0.3 is 0 Å². The van der Waals surface area contributed by atoms with Crippen LogP contribution in [-0.4, -0.2) is 21.4 Å². The zero-order valence-electron chi connectivity index (χ0n) is 16.7. The van der Waals surface area contributed by atoms with Crippen LogP contribution in [0.3, 0.4) is 0 Å². The first kappa shape index (κ1) is 21.7. The van der Waals surface area contributed by atoms with Gasteiger partial charge < -0.3 is 10.1 Å². The summed E-state index contributed by atoms with van der Waals surface area (Å²) in [6.07, 6.45) is 0. The molecule has 0 bridgehead atoms. The molecule has 0 aliphatic carbocycles. The molecule has 3 aromatic carbocycles. The maximum Gasteiger partial charge on any atom is 0.261 e. The van der Waals surface area contributed by atoms with Crippen LogP contribution >= 0.6 is 11.6 Å². The molecule has 0 heterocycles. The second kappa shape index (κ2) is 8.77. The lowest BCUT2D eigenvalue weighted by Gasteiger charge is -2.13. The van der Waals surface area contributed by atoms with Crippen LogP contribution < -0.4 is 14.8 Å². The fourth-order valence-corrected chi connectivity index (χ4v) is 4.04. The van der Waals surface area contributed by atoms with Crippen LogP contribution in [0, 0.1) is 13.8 Å². The largest absolute Gasteiger partial charge is 0.497 e. The molecule has 0 aromatic heterocycles. The Morgan fingerprint density at radius 1 is 0.967 bits per heavy atom. The number of amides is 1. The highest BCUT2D eigenvalue weighted by molar-refractivity contribution is 7.92. The number of aryl methyl sites for hydroxylation is 2. The highest BCUT2D eigenvalue weighted by atomic mass is 35.5. The minimum Gasteiger partial charge on any atom is -0.497 e. The Balaban J connectivity index is 1.85. The molecule has 0 unspecified atom stereocenters. The zero-order valence-corrected chi connectivity index (χ0v) is 18.3. The van der Waals surface area contributed by atoms with Gasteiger partial charge in [-0.1, -0.05) is 23.7 Å². The quantitative estimate of drug-likeness (QED) is 0.559. The van der Waals surface area contributed by atoms with Crippen LogP contribution in [0.1, 0.15) is 21.5 Å². The molecule has 2 N–H and O–H groups in total. The van der Waals surface area contributed by atoms with Gasteiger partial charge in [0.15, 0.2) is 0 Å². The van der Waals surface area contributed by atoms with Crippen molar-refractivity contribution in [3.8, 4) is 5.75 Å². The van der Waals surface area contributed by atoms with E-state index in [1.165, 1.54) is 37.4 Å². The summed E-state index contributed by atoms with van der Waals surface area (Å²) in [4.78, 5) is 12.8. The number of anilines is 2. The van der Waals surface area contributed by atoms with Crippen molar-refractivity contribution in [2.24, 2.45) is 0 Å². The highest BCUT2D eigenvalue weighted by Crippen LogP contribution is 2.25. The molecule has 0 saturated heterocycles. The molecule has 1 amide bonds. The Labute approximate surface area is 180 Å². The fourth-order valence-electron chi connectivity index (χ4n) is 2.79. The lowest BCUT2D eigenvalue weighted by Crippen LogP contribution is -2.16. The molecule has 0 spiro atoms. The number of carbonyl (C=O) groups is 1. The molecule has 30 heavy (non-hydrogen) atoms. The molecule has 3 aromatic rings. The van der Waals surface area contributed by atoms with Gasteiger partial charge in [-0.05, 0) is 73.5 Å². The van der Waals surface area contributed by atoms with Gasteiger partial charge in [0.2, 0.25) is 0 Å². The standard InChI is InChI=1S/C22H21ClN2O4S/c1-14-4-5-15(2)21(12-14)24-22(26)19-13-16(6-11-20(19)23)25-30(27,28)18-9-7-17(29-3)8-10-18/h4-13,25H,1-3H3,(H,24,26). The molecule has 0 aliphatic rings.